The first kappa shape index (κ1) is 14.2. The number of hydrogen-bond acceptors (Lipinski definition) is 5. The number of benzene rings is 1. The second-order valence-corrected chi connectivity index (χ2v) is 3.73. The predicted molar refractivity (Wildman–Crippen MR) is 66.0 cm³/mol. The summed E-state index contributed by atoms with van der Waals surface area (Å²) in [4.78, 5) is 22.5. The molecule has 1 atom stereocenters. The molecule has 0 spiro atoms. The van der Waals surface area contributed by atoms with Gasteiger partial charge in [-0.3, -0.25) is 4.79 Å². The van der Waals surface area contributed by atoms with Gasteiger partial charge >= 0.3 is 11.9 Å². The van der Waals surface area contributed by atoms with Gasteiger partial charge in [0.15, 0.2) is 0 Å². The lowest BCUT2D eigenvalue weighted by molar-refractivity contribution is -0.143. The summed E-state index contributed by atoms with van der Waals surface area (Å²) in [6, 6.07) is 6.21. The summed E-state index contributed by atoms with van der Waals surface area (Å²) in [6.45, 7) is 2.08. The fraction of sp³-hybridized carbons (Fsp3) is 0.385. The van der Waals surface area contributed by atoms with Crippen LogP contribution in [-0.2, 0) is 14.3 Å². The molecule has 0 aliphatic rings. The molecule has 1 rings (SSSR count). The average Bonchev–Trinajstić information content (AvgIpc) is 2.38. The minimum Gasteiger partial charge on any atom is -0.466 e. The lowest BCUT2D eigenvalue weighted by atomic mass is 10.0. The highest BCUT2D eigenvalue weighted by Gasteiger charge is 2.13. The number of nitrogens with two attached hydrogens (primary N) is 1. The van der Waals surface area contributed by atoms with Crippen molar-refractivity contribution in [1.29, 1.82) is 0 Å². The van der Waals surface area contributed by atoms with Crippen molar-refractivity contribution >= 4 is 11.9 Å². The Kier molecular flexibility index (Phi) is 5.32. The third-order valence-corrected chi connectivity index (χ3v) is 2.45. The second kappa shape index (κ2) is 6.76. The van der Waals surface area contributed by atoms with Crippen LogP contribution in [-0.4, -0.2) is 25.7 Å². The maximum absolute atomic E-state index is 11.3. The minimum absolute atomic E-state index is 0.116. The van der Waals surface area contributed by atoms with Crippen LogP contribution in [0.5, 0.6) is 0 Å². The van der Waals surface area contributed by atoms with E-state index in [2.05, 4.69) is 4.74 Å². The van der Waals surface area contributed by atoms with E-state index in [1.54, 1.807) is 31.2 Å². The zero-order valence-electron chi connectivity index (χ0n) is 10.5. The quantitative estimate of drug-likeness (QED) is 0.801. The first-order chi connectivity index (χ1) is 8.58. The summed E-state index contributed by atoms with van der Waals surface area (Å²) < 4.78 is 9.41. The molecule has 18 heavy (non-hydrogen) atoms. The van der Waals surface area contributed by atoms with Crippen LogP contribution in [0.2, 0.25) is 0 Å². The number of hydrogen-bond donors (Lipinski definition) is 1. The van der Waals surface area contributed by atoms with Crippen molar-refractivity contribution in [3.05, 3.63) is 35.4 Å². The van der Waals surface area contributed by atoms with Crippen molar-refractivity contribution in [2.24, 2.45) is 5.73 Å². The van der Waals surface area contributed by atoms with Gasteiger partial charge in [0.2, 0.25) is 0 Å². The van der Waals surface area contributed by atoms with Crippen LogP contribution in [0.3, 0.4) is 0 Å². The average molecular weight is 251 g/mol. The van der Waals surface area contributed by atoms with Gasteiger partial charge in [-0.15, -0.1) is 0 Å². The Labute approximate surface area is 106 Å². The van der Waals surface area contributed by atoms with Crippen LogP contribution in [0.1, 0.15) is 35.3 Å². The Morgan fingerprint density at radius 1 is 1.28 bits per heavy atom. The molecule has 2 N–H and O–H groups in total. The highest BCUT2D eigenvalue weighted by molar-refractivity contribution is 5.89. The molecule has 0 heterocycles. The Balaban J connectivity index is 2.67. The molecule has 0 saturated carbocycles. The van der Waals surface area contributed by atoms with E-state index in [9.17, 15) is 9.59 Å². The van der Waals surface area contributed by atoms with E-state index in [1.807, 2.05) is 0 Å². The van der Waals surface area contributed by atoms with E-state index in [-0.39, 0.29) is 12.4 Å². The molecular formula is C13H17NO4. The van der Waals surface area contributed by atoms with Crippen LogP contribution in [0.15, 0.2) is 24.3 Å². The van der Waals surface area contributed by atoms with Gasteiger partial charge in [-0.25, -0.2) is 4.79 Å². The van der Waals surface area contributed by atoms with E-state index in [4.69, 9.17) is 10.5 Å². The van der Waals surface area contributed by atoms with Gasteiger partial charge < -0.3 is 15.2 Å². The van der Waals surface area contributed by atoms with Crippen molar-refractivity contribution in [2.45, 2.75) is 19.4 Å². The summed E-state index contributed by atoms with van der Waals surface area (Å²) in [5.41, 5.74) is 7.09. The Morgan fingerprint density at radius 2 is 1.89 bits per heavy atom. The van der Waals surface area contributed by atoms with Crippen LogP contribution in [0.4, 0.5) is 0 Å². The normalized spacial score (nSPS) is 11.7. The number of carbonyl (C=O) groups excluding carboxylic acids is 2. The second-order valence-electron chi connectivity index (χ2n) is 3.73. The zero-order chi connectivity index (χ0) is 13.5. The highest BCUT2D eigenvalue weighted by Crippen LogP contribution is 2.15. The van der Waals surface area contributed by atoms with Crippen LogP contribution in [0, 0.1) is 0 Å². The summed E-state index contributed by atoms with van der Waals surface area (Å²) in [5.74, 6) is -0.734. The molecular weight excluding hydrogens is 234 g/mol. The van der Waals surface area contributed by atoms with E-state index >= 15 is 0 Å². The first-order valence-corrected chi connectivity index (χ1v) is 5.68. The highest BCUT2D eigenvalue weighted by atomic mass is 16.5. The van der Waals surface area contributed by atoms with Crippen LogP contribution in [0.25, 0.3) is 0 Å². The molecule has 0 bridgehead atoms. The molecule has 0 radical (unpaired) electrons. The van der Waals surface area contributed by atoms with Gasteiger partial charge in [0.25, 0.3) is 0 Å². The number of methoxy groups -OCH3 is 1. The van der Waals surface area contributed by atoms with Crippen molar-refractivity contribution in [3.63, 3.8) is 0 Å². The van der Waals surface area contributed by atoms with Crippen molar-refractivity contribution in [1.82, 2.24) is 0 Å². The molecule has 0 amide bonds. The lowest BCUT2D eigenvalue weighted by Crippen LogP contribution is -2.17. The zero-order valence-corrected chi connectivity index (χ0v) is 10.5. The largest absolute Gasteiger partial charge is 0.466 e. The molecule has 98 valence electrons. The maximum atomic E-state index is 11.3. The van der Waals surface area contributed by atoms with Crippen LogP contribution >= 0.6 is 0 Å². The number of esters is 2. The summed E-state index contributed by atoms with van der Waals surface area (Å²) in [6.07, 6.45) is 0.116. The van der Waals surface area contributed by atoms with Crippen molar-refractivity contribution < 1.29 is 19.1 Å². The number of carbonyl (C=O) groups is 2. The Morgan fingerprint density at radius 3 is 2.39 bits per heavy atom. The van der Waals surface area contributed by atoms with E-state index in [1.165, 1.54) is 7.11 Å². The molecule has 5 heteroatoms. The topological polar surface area (TPSA) is 78.6 Å². The molecule has 0 aliphatic carbocycles. The maximum Gasteiger partial charge on any atom is 0.337 e. The minimum atomic E-state index is -0.434. The van der Waals surface area contributed by atoms with Gasteiger partial charge in [-0.1, -0.05) is 12.1 Å². The summed E-state index contributed by atoms with van der Waals surface area (Å²) in [7, 11) is 1.32. The van der Waals surface area contributed by atoms with Crippen molar-refractivity contribution in [2.75, 3.05) is 13.7 Å². The van der Waals surface area contributed by atoms with E-state index < -0.39 is 12.0 Å². The number of rotatable bonds is 5. The Bertz CT molecular complexity index is 414. The molecule has 1 aromatic rings. The Hall–Kier alpha value is -1.88. The molecule has 1 aromatic carbocycles. The monoisotopic (exact) mass is 251 g/mol. The SMILES string of the molecule is CCOC(=O)C[C@@H](N)c1ccc(C(=O)OC)cc1. The molecule has 0 aromatic heterocycles. The van der Waals surface area contributed by atoms with Crippen molar-refractivity contribution in [3.8, 4) is 0 Å². The summed E-state index contributed by atoms with van der Waals surface area (Å²) in [5, 5.41) is 0. The third-order valence-electron chi connectivity index (χ3n) is 2.45. The fourth-order valence-electron chi connectivity index (χ4n) is 1.50. The molecule has 0 aliphatic heterocycles. The first-order valence-electron chi connectivity index (χ1n) is 5.68. The third kappa shape index (κ3) is 3.85. The van der Waals surface area contributed by atoms with Gasteiger partial charge in [0.05, 0.1) is 25.7 Å². The molecule has 0 saturated heterocycles. The van der Waals surface area contributed by atoms with E-state index in [0.29, 0.717) is 12.2 Å². The molecule has 0 unspecified atom stereocenters. The lowest BCUT2D eigenvalue weighted by Gasteiger charge is -2.11. The standard InChI is InChI=1S/C13H17NO4/c1-3-18-12(15)8-11(14)9-4-6-10(7-5-9)13(16)17-2/h4-7,11H,3,8,14H2,1-2H3/t11-/m1/s1. The van der Waals surface area contributed by atoms with Gasteiger partial charge in [-0.2, -0.15) is 0 Å². The number of ether oxygens (including phenoxy) is 2. The fourth-order valence-corrected chi connectivity index (χ4v) is 1.50. The van der Waals surface area contributed by atoms with Gasteiger partial charge in [0, 0.05) is 6.04 Å². The predicted octanol–water partition coefficient (Wildman–Crippen LogP) is 1.43. The van der Waals surface area contributed by atoms with Gasteiger partial charge in [-0.05, 0) is 24.6 Å². The van der Waals surface area contributed by atoms with Crippen LogP contribution < -0.4 is 5.73 Å². The molecule has 0 fully saturated rings. The van der Waals surface area contributed by atoms with Gasteiger partial charge in [0.1, 0.15) is 0 Å². The van der Waals surface area contributed by atoms with E-state index in [0.717, 1.165) is 5.56 Å². The smallest absolute Gasteiger partial charge is 0.337 e. The summed E-state index contributed by atoms with van der Waals surface area (Å²) >= 11 is 0. The molecule has 5 nitrogen and oxygen atoms in total.